The first-order chi connectivity index (χ1) is 9.70. The third kappa shape index (κ3) is 3.87. The first-order valence-corrected chi connectivity index (χ1v) is 8.63. The van der Waals surface area contributed by atoms with Crippen LogP contribution in [0.25, 0.3) is 0 Å². The number of likely N-dealkylation sites (N-methyl/N-ethyl adjacent to an activating group) is 1. The van der Waals surface area contributed by atoms with Gasteiger partial charge in [-0.25, -0.2) is 13.6 Å². The SMILES string of the molecule is Cc1c(NCC(C)N(C)C2CC2)cc(N)cc1S(N)(=O)=O. The average molecular weight is 312 g/mol. The fraction of sp³-hybridized carbons (Fsp3) is 0.571. The summed E-state index contributed by atoms with van der Waals surface area (Å²) in [4.78, 5) is 2.42. The van der Waals surface area contributed by atoms with Crippen LogP contribution in [0.15, 0.2) is 17.0 Å². The molecule has 1 atom stereocenters. The summed E-state index contributed by atoms with van der Waals surface area (Å²) in [6.45, 7) is 4.60. The van der Waals surface area contributed by atoms with Crippen molar-refractivity contribution in [2.24, 2.45) is 5.14 Å². The van der Waals surface area contributed by atoms with Gasteiger partial charge in [-0.1, -0.05) is 0 Å². The Morgan fingerprint density at radius 3 is 2.57 bits per heavy atom. The van der Waals surface area contributed by atoms with E-state index in [2.05, 4.69) is 24.2 Å². The van der Waals surface area contributed by atoms with Crippen molar-refractivity contribution in [2.75, 3.05) is 24.6 Å². The summed E-state index contributed by atoms with van der Waals surface area (Å²) in [6.07, 6.45) is 2.52. The number of nitrogen functional groups attached to an aromatic ring is 1. The lowest BCUT2D eigenvalue weighted by atomic mass is 10.1. The number of rotatable bonds is 6. The minimum Gasteiger partial charge on any atom is -0.399 e. The number of benzene rings is 1. The van der Waals surface area contributed by atoms with Crippen molar-refractivity contribution in [2.45, 2.75) is 43.7 Å². The van der Waals surface area contributed by atoms with Crippen LogP contribution in [0, 0.1) is 6.92 Å². The molecule has 0 amide bonds. The smallest absolute Gasteiger partial charge is 0.238 e. The fourth-order valence-corrected chi connectivity index (χ4v) is 3.27. The topological polar surface area (TPSA) is 101 Å². The Bertz CT molecular complexity index is 626. The van der Waals surface area contributed by atoms with E-state index < -0.39 is 10.0 Å². The zero-order valence-corrected chi connectivity index (χ0v) is 13.6. The van der Waals surface area contributed by atoms with Crippen LogP contribution in [-0.2, 0) is 10.0 Å². The van der Waals surface area contributed by atoms with Crippen molar-refractivity contribution in [3.05, 3.63) is 17.7 Å². The van der Waals surface area contributed by atoms with E-state index in [0.717, 1.165) is 12.2 Å². The lowest BCUT2D eigenvalue weighted by Gasteiger charge is -2.25. The molecule has 1 aromatic carbocycles. The minimum atomic E-state index is -3.77. The van der Waals surface area contributed by atoms with Gasteiger partial charge in [0.15, 0.2) is 0 Å². The second-order valence-electron chi connectivity index (χ2n) is 5.86. The maximum atomic E-state index is 11.6. The zero-order valence-electron chi connectivity index (χ0n) is 12.8. The van der Waals surface area contributed by atoms with Crippen LogP contribution in [0.3, 0.4) is 0 Å². The fourth-order valence-electron chi connectivity index (χ4n) is 2.43. The highest BCUT2D eigenvalue weighted by Crippen LogP contribution is 2.28. The van der Waals surface area contributed by atoms with Gasteiger partial charge in [-0.05, 0) is 51.4 Å². The summed E-state index contributed by atoms with van der Waals surface area (Å²) in [5, 5.41) is 8.52. The molecule has 1 aromatic rings. The number of nitrogens with zero attached hydrogens (tertiary/aromatic N) is 1. The monoisotopic (exact) mass is 312 g/mol. The zero-order chi connectivity index (χ0) is 15.8. The van der Waals surface area contributed by atoms with E-state index in [0.29, 0.717) is 23.3 Å². The molecule has 0 heterocycles. The van der Waals surface area contributed by atoms with Gasteiger partial charge in [-0.3, -0.25) is 4.90 Å². The molecule has 0 saturated heterocycles. The minimum absolute atomic E-state index is 0.0770. The molecule has 2 rings (SSSR count). The van der Waals surface area contributed by atoms with Crippen LogP contribution in [0.5, 0.6) is 0 Å². The quantitative estimate of drug-likeness (QED) is 0.683. The maximum absolute atomic E-state index is 11.6. The van der Waals surface area contributed by atoms with E-state index in [-0.39, 0.29) is 4.90 Å². The summed E-state index contributed by atoms with van der Waals surface area (Å²) in [5.74, 6) is 0. The summed E-state index contributed by atoms with van der Waals surface area (Å²) < 4.78 is 23.2. The number of hydrogen-bond donors (Lipinski definition) is 3. The summed E-state index contributed by atoms with van der Waals surface area (Å²) in [7, 11) is -1.65. The Balaban J connectivity index is 2.14. The number of nitrogens with two attached hydrogens (primary N) is 2. The van der Waals surface area contributed by atoms with E-state index in [4.69, 9.17) is 10.9 Å². The molecule has 0 aromatic heterocycles. The highest BCUT2D eigenvalue weighted by Gasteiger charge is 2.29. The van der Waals surface area contributed by atoms with Crippen LogP contribution in [0.4, 0.5) is 11.4 Å². The van der Waals surface area contributed by atoms with Crippen LogP contribution in [0.1, 0.15) is 25.3 Å². The summed E-state index contributed by atoms with van der Waals surface area (Å²) >= 11 is 0. The molecule has 7 heteroatoms. The Morgan fingerprint density at radius 2 is 2.05 bits per heavy atom. The van der Waals surface area contributed by atoms with E-state index in [1.54, 1.807) is 13.0 Å². The van der Waals surface area contributed by atoms with Crippen molar-refractivity contribution < 1.29 is 8.42 Å². The largest absolute Gasteiger partial charge is 0.399 e. The molecule has 5 N–H and O–H groups in total. The summed E-state index contributed by atoms with van der Waals surface area (Å²) in [5.41, 5.74) is 7.49. The number of sulfonamides is 1. The van der Waals surface area contributed by atoms with E-state index >= 15 is 0 Å². The number of anilines is 2. The number of nitrogens with one attached hydrogen (secondary N) is 1. The Morgan fingerprint density at radius 1 is 1.43 bits per heavy atom. The molecule has 118 valence electrons. The van der Waals surface area contributed by atoms with Gasteiger partial charge in [0.25, 0.3) is 0 Å². The van der Waals surface area contributed by atoms with Gasteiger partial charge in [-0.2, -0.15) is 0 Å². The second kappa shape index (κ2) is 5.82. The standard InChI is InChI=1S/C14H24N4O2S/c1-9(18(3)12-4-5-12)8-17-13-6-11(15)7-14(10(13)2)21(16,19)20/h6-7,9,12,17H,4-5,8,15H2,1-3H3,(H2,16,19,20). The first-order valence-electron chi connectivity index (χ1n) is 7.09. The lowest BCUT2D eigenvalue weighted by molar-refractivity contribution is 0.257. The lowest BCUT2D eigenvalue weighted by Crippen LogP contribution is -2.36. The van der Waals surface area contributed by atoms with E-state index in [9.17, 15) is 8.42 Å². The molecule has 0 bridgehead atoms. The Hall–Kier alpha value is -1.31. The first kappa shape index (κ1) is 16.1. The third-order valence-electron chi connectivity index (χ3n) is 4.09. The maximum Gasteiger partial charge on any atom is 0.238 e. The second-order valence-corrected chi connectivity index (χ2v) is 7.39. The van der Waals surface area contributed by atoms with Gasteiger partial charge in [-0.15, -0.1) is 0 Å². The van der Waals surface area contributed by atoms with Crippen molar-refractivity contribution in [3.63, 3.8) is 0 Å². The molecule has 1 saturated carbocycles. The molecule has 1 fully saturated rings. The van der Waals surface area contributed by atoms with Crippen LogP contribution in [-0.4, -0.2) is 39.0 Å². The number of hydrogen-bond acceptors (Lipinski definition) is 5. The van der Waals surface area contributed by atoms with Crippen molar-refractivity contribution >= 4 is 21.4 Å². The molecule has 0 spiro atoms. The highest BCUT2D eigenvalue weighted by molar-refractivity contribution is 7.89. The van der Waals surface area contributed by atoms with Crippen molar-refractivity contribution in [1.82, 2.24) is 4.90 Å². The molecule has 0 aliphatic heterocycles. The Labute approximate surface area is 126 Å². The van der Waals surface area contributed by atoms with Gasteiger partial charge in [0.2, 0.25) is 10.0 Å². The summed E-state index contributed by atoms with van der Waals surface area (Å²) in [6, 6.07) is 4.18. The van der Waals surface area contributed by atoms with Crippen molar-refractivity contribution in [3.8, 4) is 0 Å². The highest BCUT2D eigenvalue weighted by atomic mass is 32.2. The van der Waals surface area contributed by atoms with Gasteiger partial charge in [0.1, 0.15) is 0 Å². The average Bonchev–Trinajstić information content (AvgIpc) is 3.21. The van der Waals surface area contributed by atoms with Crippen LogP contribution < -0.4 is 16.2 Å². The molecule has 1 aliphatic carbocycles. The van der Waals surface area contributed by atoms with Crippen LogP contribution in [0.2, 0.25) is 0 Å². The molecule has 1 unspecified atom stereocenters. The van der Waals surface area contributed by atoms with Crippen LogP contribution >= 0.6 is 0 Å². The molecular weight excluding hydrogens is 288 g/mol. The van der Waals surface area contributed by atoms with Gasteiger partial charge in [0.05, 0.1) is 4.90 Å². The molecule has 21 heavy (non-hydrogen) atoms. The molecule has 6 nitrogen and oxygen atoms in total. The normalized spacial score (nSPS) is 17.0. The molecule has 0 radical (unpaired) electrons. The van der Waals surface area contributed by atoms with Gasteiger partial charge >= 0.3 is 0 Å². The molecule has 1 aliphatic rings. The number of primary sulfonamides is 1. The predicted octanol–water partition coefficient (Wildman–Crippen LogP) is 1.12. The third-order valence-corrected chi connectivity index (χ3v) is 5.13. The van der Waals surface area contributed by atoms with Gasteiger partial charge in [0, 0.05) is 30.0 Å². The predicted molar refractivity (Wildman–Crippen MR) is 85.7 cm³/mol. The van der Waals surface area contributed by atoms with Crippen molar-refractivity contribution in [1.29, 1.82) is 0 Å². The van der Waals surface area contributed by atoms with Gasteiger partial charge < -0.3 is 11.1 Å². The molecular formula is C14H24N4O2S. The van der Waals surface area contributed by atoms with E-state index in [1.807, 2.05) is 0 Å². The Kier molecular flexibility index (Phi) is 4.46. The van der Waals surface area contributed by atoms with E-state index in [1.165, 1.54) is 18.9 Å².